The molecule has 3 aromatic rings. The molecule has 9 nitrogen and oxygen atoms in total. The number of rotatable bonds is 10. The molecule has 1 amide bonds. The summed E-state index contributed by atoms with van der Waals surface area (Å²) in [5, 5.41) is 2.63. The van der Waals surface area contributed by atoms with Gasteiger partial charge in [-0.15, -0.1) is 11.3 Å². The monoisotopic (exact) mass is 552 g/mol. The molecular formula is C24H25ClN2O7S2. The molecule has 2 aromatic carbocycles. The highest BCUT2D eigenvalue weighted by molar-refractivity contribution is 7.93. The predicted octanol–water partition coefficient (Wildman–Crippen LogP) is 5.06. The SMILES string of the molecule is CCOC(=O)c1cccc(NC(=O)c2sc(Cl)cc2S(=O)(=O)N(C)c2ccc(OCC)c(OC)c2)c1. The van der Waals surface area contributed by atoms with Gasteiger partial charge in [-0.2, -0.15) is 0 Å². The molecule has 0 spiro atoms. The van der Waals surface area contributed by atoms with Gasteiger partial charge in [0.05, 0.1) is 35.9 Å². The van der Waals surface area contributed by atoms with Gasteiger partial charge in [-0.25, -0.2) is 13.2 Å². The number of anilines is 2. The Morgan fingerprint density at radius 3 is 2.47 bits per heavy atom. The number of halogens is 1. The number of ether oxygens (including phenoxy) is 3. The maximum atomic E-state index is 13.5. The lowest BCUT2D eigenvalue weighted by atomic mass is 10.2. The van der Waals surface area contributed by atoms with Gasteiger partial charge in [0.1, 0.15) is 9.77 Å². The lowest BCUT2D eigenvalue weighted by Crippen LogP contribution is -2.28. The van der Waals surface area contributed by atoms with Crippen LogP contribution in [-0.2, 0) is 14.8 Å². The highest BCUT2D eigenvalue weighted by Gasteiger charge is 2.30. The third-order valence-corrected chi connectivity index (χ3v) is 8.16. The molecule has 0 fully saturated rings. The molecule has 0 unspecified atom stereocenters. The van der Waals surface area contributed by atoms with E-state index in [1.165, 1.54) is 32.4 Å². The first-order chi connectivity index (χ1) is 17.1. The van der Waals surface area contributed by atoms with Crippen LogP contribution in [0.15, 0.2) is 53.4 Å². The molecule has 192 valence electrons. The molecule has 0 radical (unpaired) electrons. The molecule has 0 saturated heterocycles. The molecule has 0 atom stereocenters. The second-order valence-corrected chi connectivity index (χ2v) is 10.9. The summed E-state index contributed by atoms with van der Waals surface area (Å²) in [6.07, 6.45) is 0. The molecule has 36 heavy (non-hydrogen) atoms. The van der Waals surface area contributed by atoms with Crippen LogP contribution in [-0.4, -0.2) is 47.7 Å². The molecular weight excluding hydrogens is 528 g/mol. The zero-order chi connectivity index (χ0) is 26.5. The normalized spacial score (nSPS) is 11.0. The second kappa shape index (κ2) is 11.6. The Morgan fingerprint density at radius 1 is 1.06 bits per heavy atom. The van der Waals surface area contributed by atoms with Gasteiger partial charge >= 0.3 is 5.97 Å². The maximum absolute atomic E-state index is 13.5. The van der Waals surface area contributed by atoms with E-state index < -0.39 is 21.9 Å². The number of sulfonamides is 1. The predicted molar refractivity (Wildman–Crippen MR) is 139 cm³/mol. The van der Waals surface area contributed by atoms with Gasteiger partial charge in [0.25, 0.3) is 15.9 Å². The number of amides is 1. The fraction of sp³-hybridized carbons (Fsp3) is 0.250. The Balaban J connectivity index is 1.92. The van der Waals surface area contributed by atoms with E-state index in [2.05, 4.69) is 5.32 Å². The topological polar surface area (TPSA) is 111 Å². The van der Waals surface area contributed by atoms with Crippen LogP contribution in [0.2, 0.25) is 4.34 Å². The third-order valence-electron chi connectivity index (χ3n) is 4.95. The number of hydrogen-bond donors (Lipinski definition) is 1. The van der Waals surface area contributed by atoms with Crippen molar-refractivity contribution in [1.82, 2.24) is 0 Å². The van der Waals surface area contributed by atoms with Crippen molar-refractivity contribution in [2.45, 2.75) is 18.7 Å². The van der Waals surface area contributed by atoms with Crippen molar-refractivity contribution in [2.24, 2.45) is 0 Å². The van der Waals surface area contributed by atoms with Crippen LogP contribution in [0.5, 0.6) is 11.5 Å². The summed E-state index contributed by atoms with van der Waals surface area (Å²) in [4.78, 5) is 24.7. The number of thiophene rings is 1. The Labute approximate surface area is 218 Å². The maximum Gasteiger partial charge on any atom is 0.338 e. The van der Waals surface area contributed by atoms with Crippen LogP contribution < -0.4 is 19.1 Å². The number of esters is 1. The second-order valence-electron chi connectivity index (χ2n) is 7.24. The van der Waals surface area contributed by atoms with E-state index >= 15 is 0 Å². The van der Waals surface area contributed by atoms with Gasteiger partial charge in [-0.05, 0) is 50.2 Å². The highest BCUT2D eigenvalue weighted by Crippen LogP contribution is 2.36. The Morgan fingerprint density at radius 2 is 1.81 bits per heavy atom. The largest absolute Gasteiger partial charge is 0.493 e. The lowest BCUT2D eigenvalue weighted by Gasteiger charge is -2.21. The number of benzene rings is 2. The number of nitrogens with one attached hydrogen (secondary N) is 1. The van der Waals surface area contributed by atoms with Crippen molar-refractivity contribution in [3.05, 3.63) is 63.3 Å². The van der Waals surface area contributed by atoms with Crippen LogP contribution in [0.3, 0.4) is 0 Å². The summed E-state index contributed by atoms with van der Waals surface area (Å²) >= 11 is 6.96. The minimum atomic E-state index is -4.19. The summed E-state index contributed by atoms with van der Waals surface area (Å²) in [7, 11) is -1.38. The zero-order valence-electron chi connectivity index (χ0n) is 20.0. The van der Waals surface area contributed by atoms with Crippen LogP contribution >= 0.6 is 22.9 Å². The van der Waals surface area contributed by atoms with Crippen molar-refractivity contribution >= 4 is 56.2 Å². The third kappa shape index (κ3) is 5.92. The van der Waals surface area contributed by atoms with E-state index in [-0.39, 0.29) is 26.3 Å². The van der Waals surface area contributed by atoms with E-state index in [0.717, 1.165) is 15.6 Å². The Bertz CT molecular complexity index is 1370. The zero-order valence-corrected chi connectivity index (χ0v) is 22.4. The summed E-state index contributed by atoms with van der Waals surface area (Å²) < 4.78 is 44.0. The molecule has 1 aromatic heterocycles. The van der Waals surface area contributed by atoms with E-state index in [0.29, 0.717) is 29.5 Å². The van der Waals surface area contributed by atoms with Crippen LogP contribution in [0.1, 0.15) is 33.9 Å². The first kappa shape index (κ1) is 27.3. The summed E-state index contributed by atoms with van der Waals surface area (Å²) in [5.41, 5.74) is 0.838. The summed E-state index contributed by atoms with van der Waals surface area (Å²) in [6, 6.07) is 12.1. The van der Waals surface area contributed by atoms with Gasteiger partial charge in [0.2, 0.25) is 0 Å². The first-order valence-corrected chi connectivity index (χ1v) is 13.4. The highest BCUT2D eigenvalue weighted by atomic mass is 35.5. The molecule has 0 saturated carbocycles. The summed E-state index contributed by atoms with van der Waals surface area (Å²) in [5.74, 6) is -0.398. The average molecular weight is 553 g/mol. The lowest BCUT2D eigenvalue weighted by molar-refractivity contribution is 0.0526. The van der Waals surface area contributed by atoms with Crippen molar-refractivity contribution in [3.8, 4) is 11.5 Å². The van der Waals surface area contributed by atoms with Crippen molar-refractivity contribution < 1.29 is 32.2 Å². The van der Waals surface area contributed by atoms with Gasteiger partial charge in [0.15, 0.2) is 11.5 Å². The standard InChI is InChI=1S/C24H25ClN2O7S2/c1-5-33-18-11-10-17(13-19(18)32-4)27(3)36(30,31)20-14-21(25)35-22(20)23(28)26-16-9-7-8-15(12-16)24(29)34-6-2/h7-14H,5-6H2,1-4H3,(H,26,28). The smallest absolute Gasteiger partial charge is 0.338 e. The number of methoxy groups -OCH3 is 1. The van der Waals surface area contributed by atoms with Gasteiger partial charge in [0, 0.05) is 18.8 Å². The minimum Gasteiger partial charge on any atom is -0.493 e. The van der Waals surface area contributed by atoms with Crippen molar-refractivity contribution in [2.75, 3.05) is 37.0 Å². The molecule has 3 rings (SSSR count). The Kier molecular flexibility index (Phi) is 8.83. The van der Waals surface area contributed by atoms with Gasteiger partial charge < -0.3 is 19.5 Å². The van der Waals surface area contributed by atoms with Gasteiger partial charge in [-0.3, -0.25) is 9.10 Å². The number of carbonyl (C=O) groups excluding carboxylic acids is 2. The van der Waals surface area contributed by atoms with Crippen molar-refractivity contribution in [1.29, 1.82) is 0 Å². The van der Waals surface area contributed by atoms with Gasteiger partial charge in [-0.1, -0.05) is 17.7 Å². The van der Waals surface area contributed by atoms with E-state index in [4.69, 9.17) is 25.8 Å². The van der Waals surface area contributed by atoms with E-state index in [1.54, 1.807) is 37.3 Å². The average Bonchev–Trinajstić information content (AvgIpc) is 3.27. The molecule has 12 heteroatoms. The number of carbonyl (C=O) groups is 2. The minimum absolute atomic E-state index is 0.105. The molecule has 0 aliphatic heterocycles. The fourth-order valence-electron chi connectivity index (χ4n) is 3.24. The van der Waals surface area contributed by atoms with E-state index in [1.807, 2.05) is 6.92 Å². The van der Waals surface area contributed by atoms with E-state index in [9.17, 15) is 18.0 Å². The Hall–Kier alpha value is -3.28. The molecule has 0 bridgehead atoms. The van der Waals surface area contributed by atoms with Crippen LogP contribution in [0.25, 0.3) is 0 Å². The van der Waals surface area contributed by atoms with Crippen LogP contribution in [0.4, 0.5) is 11.4 Å². The molecule has 0 aliphatic carbocycles. The number of hydrogen-bond acceptors (Lipinski definition) is 8. The van der Waals surface area contributed by atoms with Crippen LogP contribution in [0, 0.1) is 0 Å². The van der Waals surface area contributed by atoms with Crippen molar-refractivity contribution in [3.63, 3.8) is 0 Å². The first-order valence-electron chi connectivity index (χ1n) is 10.8. The molecule has 1 N–H and O–H groups in total. The molecule has 0 aliphatic rings. The summed E-state index contributed by atoms with van der Waals surface area (Å²) in [6.45, 7) is 4.13. The molecule has 1 heterocycles. The fourth-order valence-corrected chi connectivity index (χ4v) is 6.11. The number of nitrogens with zero attached hydrogens (tertiary/aromatic N) is 1. The quantitative estimate of drug-likeness (QED) is 0.350.